The summed E-state index contributed by atoms with van der Waals surface area (Å²) in [7, 11) is 0. The first kappa shape index (κ1) is 13.6. The van der Waals surface area contributed by atoms with E-state index in [1.54, 1.807) is 18.2 Å². The SMILES string of the molecule is CC(CO)(Cc1ccccc1F)Nc1ccccc1. The molecule has 0 heterocycles. The first-order chi connectivity index (χ1) is 9.13. The highest BCUT2D eigenvalue weighted by molar-refractivity contribution is 5.45. The fraction of sp³-hybridized carbons (Fsp3) is 0.250. The van der Waals surface area contributed by atoms with Crippen LogP contribution in [0.15, 0.2) is 54.6 Å². The van der Waals surface area contributed by atoms with Crippen molar-refractivity contribution in [3.8, 4) is 0 Å². The van der Waals surface area contributed by atoms with Crippen LogP contribution in [0.5, 0.6) is 0 Å². The molecule has 0 aliphatic rings. The van der Waals surface area contributed by atoms with Crippen LogP contribution >= 0.6 is 0 Å². The number of benzene rings is 2. The van der Waals surface area contributed by atoms with Crippen molar-refractivity contribution in [3.63, 3.8) is 0 Å². The van der Waals surface area contributed by atoms with Gasteiger partial charge in [-0.1, -0.05) is 36.4 Å². The Morgan fingerprint density at radius 1 is 1.05 bits per heavy atom. The van der Waals surface area contributed by atoms with Gasteiger partial charge in [-0.05, 0) is 30.7 Å². The van der Waals surface area contributed by atoms with Gasteiger partial charge in [0, 0.05) is 12.1 Å². The molecule has 0 amide bonds. The summed E-state index contributed by atoms with van der Waals surface area (Å²) >= 11 is 0. The molecule has 2 nitrogen and oxygen atoms in total. The zero-order chi connectivity index (χ0) is 13.7. The third-order valence-electron chi connectivity index (χ3n) is 3.11. The van der Waals surface area contributed by atoms with Crippen molar-refractivity contribution in [1.82, 2.24) is 0 Å². The molecule has 19 heavy (non-hydrogen) atoms. The first-order valence-electron chi connectivity index (χ1n) is 6.30. The van der Waals surface area contributed by atoms with Crippen LogP contribution in [0.25, 0.3) is 0 Å². The Bertz CT molecular complexity index is 529. The van der Waals surface area contributed by atoms with Gasteiger partial charge < -0.3 is 10.4 Å². The Morgan fingerprint density at radius 2 is 1.68 bits per heavy atom. The van der Waals surface area contributed by atoms with Gasteiger partial charge in [0.05, 0.1) is 12.1 Å². The lowest BCUT2D eigenvalue weighted by atomic mass is 9.93. The summed E-state index contributed by atoms with van der Waals surface area (Å²) < 4.78 is 13.7. The summed E-state index contributed by atoms with van der Waals surface area (Å²) in [6, 6.07) is 16.3. The Balaban J connectivity index is 2.17. The number of aliphatic hydroxyl groups is 1. The van der Waals surface area contributed by atoms with Crippen LogP contribution < -0.4 is 5.32 Å². The number of aliphatic hydroxyl groups excluding tert-OH is 1. The fourth-order valence-corrected chi connectivity index (χ4v) is 2.07. The van der Waals surface area contributed by atoms with E-state index in [1.165, 1.54) is 6.07 Å². The molecule has 0 fully saturated rings. The molecule has 2 N–H and O–H groups in total. The summed E-state index contributed by atoms with van der Waals surface area (Å²) in [5, 5.41) is 12.9. The Labute approximate surface area is 112 Å². The zero-order valence-corrected chi connectivity index (χ0v) is 10.9. The van der Waals surface area contributed by atoms with Crippen LogP contribution in [-0.2, 0) is 6.42 Å². The molecular formula is C16H18FNO. The quantitative estimate of drug-likeness (QED) is 0.864. The van der Waals surface area contributed by atoms with Crippen LogP contribution in [-0.4, -0.2) is 17.3 Å². The van der Waals surface area contributed by atoms with E-state index in [0.717, 1.165) is 5.69 Å². The van der Waals surface area contributed by atoms with E-state index < -0.39 is 5.54 Å². The predicted octanol–water partition coefficient (Wildman–Crippen LogP) is 3.23. The van der Waals surface area contributed by atoms with Crippen molar-refractivity contribution < 1.29 is 9.50 Å². The highest BCUT2D eigenvalue weighted by atomic mass is 19.1. The van der Waals surface area contributed by atoms with Gasteiger partial charge in [0.2, 0.25) is 0 Å². The third kappa shape index (κ3) is 3.55. The largest absolute Gasteiger partial charge is 0.394 e. The topological polar surface area (TPSA) is 32.3 Å². The van der Waals surface area contributed by atoms with Crippen LogP contribution in [0.2, 0.25) is 0 Å². The molecular weight excluding hydrogens is 241 g/mol. The third-order valence-corrected chi connectivity index (χ3v) is 3.11. The summed E-state index contributed by atoms with van der Waals surface area (Å²) in [5.74, 6) is -0.239. The zero-order valence-electron chi connectivity index (χ0n) is 10.9. The Hall–Kier alpha value is -1.87. The second kappa shape index (κ2) is 5.85. The Morgan fingerprint density at radius 3 is 2.32 bits per heavy atom. The molecule has 0 spiro atoms. The molecule has 0 aromatic heterocycles. The number of para-hydroxylation sites is 1. The molecule has 1 atom stereocenters. The molecule has 1 unspecified atom stereocenters. The summed E-state index contributed by atoms with van der Waals surface area (Å²) in [6.45, 7) is 1.81. The average Bonchev–Trinajstić information content (AvgIpc) is 2.42. The van der Waals surface area contributed by atoms with Gasteiger partial charge >= 0.3 is 0 Å². The van der Waals surface area contributed by atoms with Crippen molar-refractivity contribution in [2.24, 2.45) is 0 Å². The van der Waals surface area contributed by atoms with Crippen LogP contribution in [0, 0.1) is 5.82 Å². The van der Waals surface area contributed by atoms with E-state index >= 15 is 0 Å². The number of halogens is 1. The molecule has 2 aromatic rings. The summed E-state index contributed by atoms with van der Waals surface area (Å²) in [5.41, 5.74) is 0.918. The molecule has 100 valence electrons. The van der Waals surface area contributed by atoms with Gasteiger partial charge in [-0.3, -0.25) is 0 Å². The minimum absolute atomic E-state index is 0.0732. The van der Waals surface area contributed by atoms with Gasteiger partial charge in [0.1, 0.15) is 5.82 Å². The lowest BCUT2D eigenvalue weighted by molar-refractivity contribution is 0.221. The number of nitrogens with one attached hydrogen (secondary N) is 1. The van der Waals surface area contributed by atoms with E-state index in [2.05, 4.69) is 5.32 Å². The van der Waals surface area contributed by atoms with Crippen LogP contribution in [0.3, 0.4) is 0 Å². The molecule has 2 rings (SSSR count). The van der Waals surface area contributed by atoms with Crippen molar-refractivity contribution in [2.45, 2.75) is 18.9 Å². The molecule has 2 aromatic carbocycles. The maximum Gasteiger partial charge on any atom is 0.126 e. The standard InChI is InChI=1S/C16H18FNO/c1-16(12-19,18-14-8-3-2-4-9-14)11-13-7-5-6-10-15(13)17/h2-10,18-19H,11-12H2,1H3. The highest BCUT2D eigenvalue weighted by Crippen LogP contribution is 2.21. The van der Waals surface area contributed by atoms with Crippen molar-refractivity contribution in [2.75, 3.05) is 11.9 Å². The second-order valence-electron chi connectivity index (χ2n) is 4.98. The summed E-state index contributed by atoms with van der Waals surface area (Å²) in [6.07, 6.45) is 0.422. The van der Waals surface area contributed by atoms with Gasteiger partial charge in [-0.2, -0.15) is 0 Å². The minimum atomic E-state index is -0.594. The predicted molar refractivity (Wildman–Crippen MR) is 75.7 cm³/mol. The lowest BCUT2D eigenvalue weighted by Crippen LogP contribution is -2.41. The highest BCUT2D eigenvalue weighted by Gasteiger charge is 2.24. The van der Waals surface area contributed by atoms with Gasteiger partial charge in [-0.15, -0.1) is 0 Å². The van der Waals surface area contributed by atoms with Gasteiger partial charge in [-0.25, -0.2) is 4.39 Å². The number of anilines is 1. The van der Waals surface area contributed by atoms with E-state index in [-0.39, 0.29) is 12.4 Å². The Kier molecular flexibility index (Phi) is 4.17. The molecule has 0 aliphatic heterocycles. The normalized spacial score (nSPS) is 13.8. The van der Waals surface area contributed by atoms with Crippen molar-refractivity contribution >= 4 is 5.69 Å². The fourth-order valence-electron chi connectivity index (χ4n) is 2.07. The van der Waals surface area contributed by atoms with Crippen molar-refractivity contribution in [3.05, 3.63) is 66.0 Å². The summed E-state index contributed by atoms with van der Waals surface area (Å²) in [4.78, 5) is 0. The first-order valence-corrected chi connectivity index (χ1v) is 6.30. The monoisotopic (exact) mass is 259 g/mol. The van der Waals surface area contributed by atoms with E-state index in [1.807, 2.05) is 37.3 Å². The molecule has 0 radical (unpaired) electrons. The maximum atomic E-state index is 13.7. The van der Waals surface area contributed by atoms with Crippen LogP contribution in [0.4, 0.5) is 10.1 Å². The number of hydrogen-bond donors (Lipinski definition) is 2. The number of rotatable bonds is 5. The van der Waals surface area contributed by atoms with Gasteiger partial charge in [0.25, 0.3) is 0 Å². The molecule has 0 bridgehead atoms. The smallest absolute Gasteiger partial charge is 0.126 e. The van der Waals surface area contributed by atoms with Crippen LogP contribution in [0.1, 0.15) is 12.5 Å². The molecule has 3 heteroatoms. The van der Waals surface area contributed by atoms with Crippen molar-refractivity contribution in [1.29, 1.82) is 0 Å². The maximum absolute atomic E-state index is 13.7. The lowest BCUT2D eigenvalue weighted by Gasteiger charge is -2.30. The molecule has 0 saturated heterocycles. The van der Waals surface area contributed by atoms with E-state index in [9.17, 15) is 9.50 Å². The van der Waals surface area contributed by atoms with E-state index in [4.69, 9.17) is 0 Å². The number of hydrogen-bond acceptors (Lipinski definition) is 2. The molecule has 0 aliphatic carbocycles. The van der Waals surface area contributed by atoms with E-state index in [0.29, 0.717) is 12.0 Å². The average molecular weight is 259 g/mol. The van der Waals surface area contributed by atoms with Gasteiger partial charge in [0.15, 0.2) is 0 Å². The minimum Gasteiger partial charge on any atom is -0.394 e. The molecule has 0 saturated carbocycles. The second-order valence-corrected chi connectivity index (χ2v) is 4.98.